The van der Waals surface area contributed by atoms with Crippen LogP contribution in [-0.2, 0) is 17.9 Å². The zero-order chi connectivity index (χ0) is 29.2. The summed E-state index contributed by atoms with van der Waals surface area (Å²) in [6.07, 6.45) is 3.30. The first-order chi connectivity index (χ1) is 19.6. The van der Waals surface area contributed by atoms with Crippen LogP contribution in [-0.4, -0.2) is 61.3 Å². The normalized spacial score (nSPS) is 18.9. The Morgan fingerprint density at radius 2 is 1.98 bits per heavy atom. The van der Waals surface area contributed by atoms with Gasteiger partial charge in [-0.15, -0.1) is 0 Å². The minimum absolute atomic E-state index is 0.0545. The van der Waals surface area contributed by atoms with Crippen molar-refractivity contribution in [3.63, 3.8) is 0 Å². The summed E-state index contributed by atoms with van der Waals surface area (Å²) >= 11 is 0. The van der Waals surface area contributed by atoms with Gasteiger partial charge in [0.1, 0.15) is 5.69 Å². The van der Waals surface area contributed by atoms with Crippen molar-refractivity contribution < 1.29 is 18.0 Å². The van der Waals surface area contributed by atoms with E-state index in [0.29, 0.717) is 17.8 Å². The average molecular weight is 563 g/mol. The summed E-state index contributed by atoms with van der Waals surface area (Å²) in [6.45, 7) is 6.18. The Hall–Kier alpha value is -3.97. The van der Waals surface area contributed by atoms with E-state index < -0.39 is 18.6 Å². The lowest BCUT2D eigenvalue weighted by Crippen LogP contribution is -2.46. The molecule has 10 heteroatoms. The molecule has 4 heterocycles. The standard InChI is InChI=1S/C31H33F3N6O/c1-30(2)12-5-17-38(30)16-4-8-27(41)39-21-26-28(23-10-14-36-15-11-23)29(24-7-3-6-22(18-24)19-35)37-40(26)20-25(39)9-13-31(32,33)34/h3-4,6-8,10-11,14-15,18,25H,5,9,12-13,16-17,20-21H2,1-2H3/b8-4+/t25-/m0/s1. The molecule has 0 spiro atoms. The van der Waals surface area contributed by atoms with Gasteiger partial charge in [-0.2, -0.15) is 23.5 Å². The SMILES string of the molecule is CC1(C)CCCN1C/C=C/C(=O)N1Cc2c(-c3ccncc3)c(-c3cccc(C#N)c3)nn2C[C@@H]1CCC(F)(F)F. The van der Waals surface area contributed by atoms with Crippen molar-refractivity contribution in [1.29, 1.82) is 5.26 Å². The molecule has 41 heavy (non-hydrogen) atoms. The van der Waals surface area contributed by atoms with Crippen LogP contribution in [0.1, 0.15) is 50.8 Å². The molecule has 0 unspecified atom stereocenters. The highest BCUT2D eigenvalue weighted by Gasteiger charge is 2.37. The number of aromatic nitrogens is 3. The highest BCUT2D eigenvalue weighted by Crippen LogP contribution is 2.38. The summed E-state index contributed by atoms with van der Waals surface area (Å²) in [4.78, 5) is 21.5. The Bertz CT molecular complexity index is 1470. The molecule has 1 amide bonds. The molecular formula is C31H33F3N6O. The molecule has 0 N–H and O–H groups in total. The first-order valence-corrected chi connectivity index (χ1v) is 13.9. The lowest BCUT2D eigenvalue weighted by Gasteiger charge is -2.36. The topological polar surface area (TPSA) is 78.1 Å². The van der Waals surface area contributed by atoms with Crippen LogP contribution in [0.4, 0.5) is 13.2 Å². The van der Waals surface area contributed by atoms with Crippen molar-refractivity contribution in [2.24, 2.45) is 0 Å². The van der Waals surface area contributed by atoms with E-state index >= 15 is 0 Å². The molecule has 0 radical (unpaired) electrons. The number of nitrogens with zero attached hydrogens (tertiary/aromatic N) is 6. The van der Waals surface area contributed by atoms with Gasteiger partial charge in [-0.1, -0.05) is 18.2 Å². The summed E-state index contributed by atoms with van der Waals surface area (Å²) in [5.74, 6) is -0.310. The van der Waals surface area contributed by atoms with Crippen LogP contribution in [0, 0.1) is 11.3 Å². The van der Waals surface area contributed by atoms with Crippen LogP contribution in [0.15, 0.2) is 60.9 Å². The van der Waals surface area contributed by atoms with Crippen molar-refractivity contribution in [1.82, 2.24) is 24.6 Å². The van der Waals surface area contributed by atoms with E-state index in [9.17, 15) is 23.2 Å². The largest absolute Gasteiger partial charge is 0.389 e. The van der Waals surface area contributed by atoms with E-state index in [1.807, 2.05) is 24.3 Å². The van der Waals surface area contributed by atoms with Gasteiger partial charge in [0, 0.05) is 48.1 Å². The number of likely N-dealkylation sites (tertiary alicyclic amines) is 1. The number of carbonyl (C=O) groups excluding carboxylic acids is 1. The quantitative estimate of drug-likeness (QED) is 0.332. The van der Waals surface area contributed by atoms with Gasteiger partial charge < -0.3 is 4.90 Å². The van der Waals surface area contributed by atoms with E-state index in [4.69, 9.17) is 5.10 Å². The van der Waals surface area contributed by atoms with E-state index in [-0.39, 0.29) is 31.0 Å². The first kappa shape index (κ1) is 28.6. The van der Waals surface area contributed by atoms with Gasteiger partial charge in [0.25, 0.3) is 0 Å². The summed E-state index contributed by atoms with van der Waals surface area (Å²) in [7, 11) is 0. The Labute approximate surface area is 237 Å². The molecule has 1 atom stereocenters. The summed E-state index contributed by atoms with van der Waals surface area (Å²) in [5.41, 5.74) is 4.19. The van der Waals surface area contributed by atoms with Gasteiger partial charge in [0.2, 0.25) is 5.91 Å². The molecule has 2 aromatic heterocycles. The highest BCUT2D eigenvalue weighted by molar-refractivity contribution is 5.89. The Kier molecular flexibility index (Phi) is 8.00. The molecule has 2 aliphatic heterocycles. The average Bonchev–Trinajstić information content (AvgIpc) is 3.50. The van der Waals surface area contributed by atoms with Crippen molar-refractivity contribution in [2.75, 3.05) is 13.1 Å². The third kappa shape index (κ3) is 6.35. The summed E-state index contributed by atoms with van der Waals surface area (Å²) < 4.78 is 41.6. The Morgan fingerprint density at radius 1 is 1.20 bits per heavy atom. The van der Waals surface area contributed by atoms with E-state index in [1.54, 1.807) is 40.2 Å². The van der Waals surface area contributed by atoms with Crippen molar-refractivity contribution >= 4 is 5.91 Å². The number of carbonyl (C=O) groups is 1. The Morgan fingerprint density at radius 3 is 2.66 bits per heavy atom. The fraction of sp³-hybridized carbons (Fsp3) is 0.419. The molecule has 214 valence electrons. The van der Waals surface area contributed by atoms with Crippen LogP contribution in [0.5, 0.6) is 0 Å². The van der Waals surface area contributed by atoms with Crippen molar-refractivity contribution in [3.05, 3.63) is 72.2 Å². The third-order valence-corrected chi connectivity index (χ3v) is 8.14. The van der Waals surface area contributed by atoms with Crippen LogP contribution in [0.2, 0.25) is 0 Å². The second-order valence-electron chi connectivity index (χ2n) is 11.3. The molecule has 0 bridgehead atoms. The zero-order valence-electron chi connectivity index (χ0n) is 23.2. The smallest absolute Gasteiger partial charge is 0.328 e. The molecule has 0 aliphatic carbocycles. The molecule has 0 saturated carbocycles. The highest BCUT2D eigenvalue weighted by atomic mass is 19.4. The number of halogens is 3. The fourth-order valence-electron chi connectivity index (χ4n) is 5.87. The maximum atomic E-state index is 13.5. The molecule has 1 fully saturated rings. The molecular weight excluding hydrogens is 529 g/mol. The minimum atomic E-state index is -4.33. The molecule has 5 rings (SSSR count). The molecule has 2 aliphatic rings. The number of fused-ring (bicyclic) bond motifs is 1. The zero-order valence-corrected chi connectivity index (χ0v) is 23.2. The van der Waals surface area contributed by atoms with Gasteiger partial charge in [-0.3, -0.25) is 19.4 Å². The van der Waals surface area contributed by atoms with E-state index in [1.165, 1.54) is 6.08 Å². The predicted molar refractivity (Wildman–Crippen MR) is 149 cm³/mol. The second kappa shape index (κ2) is 11.5. The van der Waals surface area contributed by atoms with Gasteiger partial charge in [0.15, 0.2) is 0 Å². The number of nitriles is 1. The first-order valence-electron chi connectivity index (χ1n) is 13.9. The van der Waals surface area contributed by atoms with Crippen LogP contribution in [0.25, 0.3) is 22.4 Å². The molecule has 1 aromatic carbocycles. The molecule has 7 nitrogen and oxygen atoms in total. The van der Waals surface area contributed by atoms with Crippen molar-refractivity contribution in [3.8, 4) is 28.5 Å². The number of pyridine rings is 1. The number of hydrogen-bond acceptors (Lipinski definition) is 5. The third-order valence-electron chi connectivity index (χ3n) is 8.14. The molecule has 3 aromatic rings. The minimum Gasteiger partial charge on any atom is -0.328 e. The fourth-order valence-corrected chi connectivity index (χ4v) is 5.87. The number of alkyl halides is 3. The summed E-state index contributed by atoms with van der Waals surface area (Å²) in [6, 6.07) is 12.2. The van der Waals surface area contributed by atoms with Crippen molar-refractivity contribution in [2.45, 2.75) is 70.4 Å². The van der Waals surface area contributed by atoms with E-state index in [2.05, 4.69) is 29.8 Å². The maximum absolute atomic E-state index is 13.5. The van der Waals surface area contributed by atoms with E-state index in [0.717, 1.165) is 41.8 Å². The predicted octanol–water partition coefficient (Wildman–Crippen LogP) is 5.97. The number of rotatable bonds is 7. The van der Waals surface area contributed by atoms with Crippen LogP contribution < -0.4 is 0 Å². The van der Waals surface area contributed by atoms with Gasteiger partial charge in [-0.05, 0) is 69.5 Å². The van der Waals surface area contributed by atoms with Gasteiger partial charge in [-0.25, -0.2) is 0 Å². The monoisotopic (exact) mass is 562 g/mol. The van der Waals surface area contributed by atoms with Crippen LogP contribution in [0.3, 0.4) is 0 Å². The van der Waals surface area contributed by atoms with Gasteiger partial charge in [0.05, 0.1) is 36.5 Å². The second-order valence-corrected chi connectivity index (χ2v) is 11.3. The van der Waals surface area contributed by atoms with Gasteiger partial charge >= 0.3 is 6.18 Å². The Balaban J connectivity index is 1.51. The number of hydrogen-bond donors (Lipinski definition) is 0. The summed E-state index contributed by atoms with van der Waals surface area (Å²) in [5, 5.41) is 14.3. The lowest BCUT2D eigenvalue weighted by molar-refractivity contribution is -0.144. The molecule has 1 saturated heterocycles. The lowest BCUT2D eigenvalue weighted by atomic mass is 9.97. The number of benzene rings is 1. The number of amides is 1. The van der Waals surface area contributed by atoms with Crippen LogP contribution >= 0.6 is 0 Å². The maximum Gasteiger partial charge on any atom is 0.389 e.